The molecule has 0 aliphatic carbocycles. The zero-order valence-corrected chi connectivity index (χ0v) is 15.9. The highest BCUT2D eigenvalue weighted by Gasteiger charge is 2.26. The number of carbonyl (C=O) groups excluding carboxylic acids is 1. The number of benzene rings is 1. The van der Waals surface area contributed by atoms with Gasteiger partial charge >= 0.3 is 0 Å². The largest absolute Gasteiger partial charge is 0.495 e. The third kappa shape index (κ3) is 4.70. The number of aromatic nitrogens is 2. The molecule has 1 fully saturated rings. The molecule has 1 amide bonds. The molecule has 0 spiro atoms. The number of carbonyl (C=O) groups is 1. The summed E-state index contributed by atoms with van der Waals surface area (Å²) in [5.74, 6) is 0.757. The van der Waals surface area contributed by atoms with E-state index in [0.717, 1.165) is 43.2 Å². The Morgan fingerprint density at radius 3 is 2.81 bits per heavy atom. The Morgan fingerprint density at radius 1 is 1.31 bits per heavy atom. The van der Waals surface area contributed by atoms with Crippen molar-refractivity contribution in [2.45, 2.75) is 26.3 Å². The van der Waals surface area contributed by atoms with Crippen LogP contribution in [0.4, 0.5) is 5.69 Å². The van der Waals surface area contributed by atoms with Crippen molar-refractivity contribution < 1.29 is 14.3 Å². The number of rotatable bonds is 7. The summed E-state index contributed by atoms with van der Waals surface area (Å²) in [6.45, 7) is 5.02. The van der Waals surface area contributed by atoms with Crippen molar-refractivity contribution in [1.29, 1.82) is 0 Å². The lowest BCUT2D eigenvalue weighted by atomic mass is 9.96. The lowest BCUT2D eigenvalue weighted by Crippen LogP contribution is -2.37. The molecule has 7 nitrogen and oxygen atoms in total. The molecule has 1 N–H and O–H groups in total. The number of hydrogen-bond acceptors (Lipinski definition) is 7. The van der Waals surface area contributed by atoms with Gasteiger partial charge in [0.2, 0.25) is 5.91 Å². The van der Waals surface area contributed by atoms with Crippen LogP contribution in [0, 0.1) is 5.92 Å². The minimum atomic E-state index is 0.0181. The fourth-order valence-electron chi connectivity index (χ4n) is 3.01. The second kappa shape index (κ2) is 8.95. The Labute approximate surface area is 157 Å². The molecule has 1 aliphatic heterocycles. The summed E-state index contributed by atoms with van der Waals surface area (Å²) < 4.78 is 10.7. The molecule has 140 valence electrons. The minimum absolute atomic E-state index is 0.0181. The fourth-order valence-corrected chi connectivity index (χ4v) is 3.80. The first-order chi connectivity index (χ1) is 12.7. The second-order valence-electron chi connectivity index (χ2n) is 6.13. The predicted octanol–water partition coefficient (Wildman–Crippen LogP) is 2.80. The van der Waals surface area contributed by atoms with Crippen LogP contribution in [0.2, 0.25) is 0 Å². The third-order valence-electron chi connectivity index (χ3n) is 4.40. The van der Waals surface area contributed by atoms with E-state index in [0.29, 0.717) is 17.6 Å². The minimum Gasteiger partial charge on any atom is -0.495 e. The fraction of sp³-hybridized carbons (Fsp3) is 0.500. The Morgan fingerprint density at radius 2 is 2.08 bits per heavy atom. The number of nitrogens with one attached hydrogen (secondary N) is 1. The number of likely N-dealkylation sites (tertiary alicyclic amines) is 1. The molecular formula is C18H24N4O3S. The first kappa shape index (κ1) is 18.6. The van der Waals surface area contributed by atoms with Crippen LogP contribution in [-0.2, 0) is 11.3 Å². The molecule has 1 aromatic heterocycles. The van der Waals surface area contributed by atoms with E-state index in [1.165, 1.54) is 11.3 Å². The molecule has 0 saturated carbocycles. The van der Waals surface area contributed by atoms with Crippen LogP contribution in [0.15, 0.2) is 24.3 Å². The molecule has 3 rings (SSSR count). The number of nitrogens with zero attached hydrogens (tertiary/aromatic N) is 3. The zero-order chi connectivity index (χ0) is 18.4. The van der Waals surface area contributed by atoms with E-state index in [-0.39, 0.29) is 11.8 Å². The number of methoxy groups -OCH3 is 1. The third-order valence-corrected chi connectivity index (χ3v) is 5.22. The number of hydrogen-bond donors (Lipinski definition) is 1. The van der Waals surface area contributed by atoms with Crippen LogP contribution in [-0.4, -0.2) is 47.8 Å². The van der Waals surface area contributed by atoms with Gasteiger partial charge in [-0.1, -0.05) is 23.5 Å². The van der Waals surface area contributed by atoms with Gasteiger partial charge in [0.1, 0.15) is 10.8 Å². The predicted molar refractivity (Wildman–Crippen MR) is 101 cm³/mol. The maximum Gasteiger partial charge on any atom is 0.294 e. The van der Waals surface area contributed by atoms with Gasteiger partial charge in [-0.2, -0.15) is 0 Å². The average molecular weight is 376 g/mol. The SMILES string of the molecule is CCOc1nnc(CN2CCC(C(=O)Nc3ccccc3OC)CC2)s1. The van der Waals surface area contributed by atoms with Gasteiger partial charge < -0.3 is 14.8 Å². The van der Waals surface area contributed by atoms with E-state index in [1.54, 1.807) is 7.11 Å². The first-order valence-corrected chi connectivity index (χ1v) is 9.62. The molecule has 0 unspecified atom stereocenters. The standard InChI is InChI=1S/C18H24N4O3S/c1-3-25-18-21-20-16(26-18)12-22-10-8-13(9-11-22)17(23)19-14-6-4-5-7-15(14)24-2/h4-7,13H,3,8-12H2,1-2H3,(H,19,23). The molecular weight excluding hydrogens is 352 g/mol. The maximum atomic E-state index is 12.6. The summed E-state index contributed by atoms with van der Waals surface area (Å²) in [4.78, 5) is 14.9. The molecule has 1 aromatic carbocycles. The number of piperidine rings is 1. The second-order valence-corrected chi connectivity index (χ2v) is 7.16. The summed E-state index contributed by atoms with van der Waals surface area (Å²) in [5.41, 5.74) is 0.722. The van der Waals surface area contributed by atoms with E-state index in [9.17, 15) is 4.79 Å². The number of anilines is 1. The van der Waals surface area contributed by atoms with E-state index >= 15 is 0 Å². The van der Waals surface area contributed by atoms with Gasteiger partial charge in [-0.15, -0.1) is 10.2 Å². The summed E-state index contributed by atoms with van der Waals surface area (Å²) >= 11 is 1.48. The van der Waals surface area contributed by atoms with Crippen LogP contribution >= 0.6 is 11.3 Å². The molecule has 1 saturated heterocycles. The number of para-hydroxylation sites is 2. The lowest BCUT2D eigenvalue weighted by molar-refractivity contribution is -0.121. The first-order valence-electron chi connectivity index (χ1n) is 8.81. The van der Waals surface area contributed by atoms with E-state index < -0.39 is 0 Å². The topological polar surface area (TPSA) is 76.6 Å². The van der Waals surface area contributed by atoms with Crippen molar-refractivity contribution in [2.75, 3.05) is 32.1 Å². The van der Waals surface area contributed by atoms with Crippen LogP contribution in [0.5, 0.6) is 10.9 Å². The van der Waals surface area contributed by atoms with Gasteiger partial charge in [-0.25, -0.2) is 0 Å². The molecule has 0 bridgehead atoms. The van der Waals surface area contributed by atoms with Gasteiger partial charge in [-0.05, 0) is 45.0 Å². The van der Waals surface area contributed by atoms with Crippen molar-refractivity contribution in [3.05, 3.63) is 29.3 Å². The quantitative estimate of drug-likeness (QED) is 0.801. The molecule has 2 heterocycles. The smallest absolute Gasteiger partial charge is 0.294 e. The van der Waals surface area contributed by atoms with Gasteiger partial charge in [0, 0.05) is 5.92 Å². The van der Waals surface area contributed by atoms with Crippen molar-refractivity contribution in [3.63, 3.8) is 0 Å². The van der Waals surface area contributed by atoms with Gasteiger partial charge in [-0.3, -0.25) is 9.69 Å². The summed E-state index contributed by atoms with van der Waals surface area (Å²) in [6, 6.07) is 7.48. The molecule has 2 aromatic rings. The summed E-state index contributed by atoms with van der Waals surface area (Å²) in [7, 11) is 1.61. The van der Waals surface area contributed by atoms with E-state index in [2.05, 4.69) is 20.4 Å². The molecule has 1 aliphatic rings. The lowest BCUT2D eigenvalue weighted by Gasteiger charge is -2.30. The number of amides is 1. The Bertz CT molecular complexity index is 729. The highest BCUT2D eigenvalue weighted by molar-refractivity contribution is 7.13. The van der Waals surface area contributed by atoms with Crippen molar-refractivity contribution in [1.82, 2.24) is 15.1 Å². The molecule has 8 heteroatoms. The molecule has 0 atom stereocenters. The highest BCUT2D eigenvalue weighted by Crippen LogP contribution is 2.27. The normalized spacial score (nSPS) is 15.6. The Hall–Kier alpha value is -2.19. The van der Waals surface area contributed by atoms with Gasteiger partial charge in [0.15, 0.2) is 0 Å². The zero-order valence-electron chi connectivity index (χ0n) is 15.1. The van der Waals surface area contributed by atoms with Gasteiger partial charge in [0.25, 0.3) is 5.19 Å². The number of ether oxygens (including phenoxy) is 2. The highest BCUT2D eigenvalue weighted by atomic mass is 32.1. The average Bonchev–Trinajstić information content (AvgIpc) is 3.10. The van der Waals surface area contributed by atoms with E-state index in [4.69, 9.17) is 9.47 Å². The van der Waals surface area contributed by atoms with Crippen LogP contribution < -0.4 is 14.8 Å². The maximum absolute atomic E-state index is 12.6. The molecule has 26 heavy (non-hydrogen) atoms. The van der Waals surface area contributed by atoms with Crippen molar-refractivity contribution in [3.8, 4) is 10.9 Å². The van der Waals surface area contributed by atoms with Crippen molar-refractivity contribution >= 4 is 22.9 Å². The summed E-state index contributed by atoms with van der Waals surface area (Å²) in [5, 5.41) is 12.8. The Kier molecular flexibility index (Phi) is 6.40. The van der Waals surface area contributed by atoms with Crippen LogP contribution in [0.25, 0.3) is 0 Å². The van der Waals surface area contributed by atoms with Gasteiger partial charge in [0.05, 0.1) is 25.9 Å². The molecule has 0 radical (unpaired) electrons. The van der Waals surface area contributed by atoms with E-state index in [1.807, 2.05) is 31.2 Å². The van der Waals surface area contributed by atoms with Crippen LogP contribution in [0.3, 0.4) is 0 Å². The monoisotopic (exact) mass is 376 g/mol. The van der Waals surface area contributed by atoms with Crippen LogP contribution in [0.1, 0.15) is 24.8 Å². The summed E-state index contributed by atoms with van der Waals surface area (Å²) in [6.07, 6.45) is 1.66. The van der Waals surface area contributed by atoms with Crippen molar-refractivity contribution in [2.24, 2.45) is 5.92 Å². The Balaban J connectivity index is 1.49.